The summed E-state index contributed by atoms with van der Waals surface area (Å²) >= 11 is 3.26. The lowest BCUT2D eigenvalue weighted by molar-refractivity contribution is 0.0948. The van der Waals surface area contributed by atoms with Crippen molar-refractivity contribution in [3.8, 4) is 5.75 Å². The number of hydrogen-bond donors (Lipinski definition) is 2. The Hall–Kier alpha value is -1.69. The van der Waals surface area contributed by atoms with Crippen molar-refractivity contribution < 1.29 is 9.90 Å². The number of halogens is 1. The highest BCUT2D eigenvalue weighted by Crippen LogP contribution is 2.30. The fourth-order valence-electron chi connectivity index (χ4n) is 1.49. The zero-order valence-electron chi connectivity index (χ0n) is 9.07. The first kappa shape index (κ1) is 11.8. The SMILES string of the molecule is CCNC(=O)c1nc(Br)c2cccnc2c1O. The standard InChI is InChI=1S/C11H10BrN3O2/c1-2-13-11(17)8-9(16)7-6(10(12)15-8)4-3-5-14-7/h3-5,16H,2H2,1H3,(H,13,17). The van der Waals surface area contributed by atoms with Crippen LogP contribution in [0.1, 0.15) is 17.4 Å². The summed E-state index contributed by atoms with van der Waals surface area (Å²) in [5.74, 6) is -0.618. The highest BCUT2D eigenvalue weighted by molar-refractivity contribution is 9.10. The van der Waals surface area contributed by atoms with Crippen molar-refractivity contribution in [2.75, 3.05) is 6.54 Å². The molecular formula is C11H10BrN3O2. The summed E-state index contributed by atoms with van der Waals surface area (Å²) in [6.07, 6.45) is 1.55. The molecule has 0 bridgehead atoms. The maximum Gasteiger partial charge on any atom is 0.273 e. The monoisotopic (exact) mass is 295 g/mol. The molecule has 2 aromatic rings. The Labute approximate surface area is 106 Å². The lowest BCUT2D eigenvalue weighted by Gasteiger charge is -2.07. The predicted molar refractivity (Wildman–Crippen MR) is 66.9 cm³/mol. The van der Waals surface area contributed by atoms with Crippen molar-refractivity contribution in [2.24, 2.45) is 0 Å². The van der Waals surface area contributed by atoms with Crippen LogP contribution >= 0.6 is 15.9 Å². The lowest BCUT2D eigenvalue weighted by atomic mass is 10.2. The molecule has 88 valence electrons. The van der Waals surface area contributed by atoms with Crippen LogP contribution in [0.15, 0.2) is 22.9 Å². The van der Waals surface area contributed by atoms with Crippen molar-refractivity contribution in [2.45, 2.75) is 6.92 Å². The van der Waals surface area contributed by atoms with Gasteiger partial charge >= 0.3 is 0 Å². The summed E-state index contributed by atoms with van der Waals surface area (Å²) in [6, 6.07) is 3.50. The predicted octanol–water partition coefficient (Wildman–Crippen LogP) is 1.85. The molecule has 0 unspecified atom stereocenters. The minimum Gasteiger partial charge on any atom is -0.504 e. The molecular weight excluding hydrogens is 286 g/mol. The van der Waals surface area contributed by atoms with Gasteiger partial charge in [0.1, 0.15) is 10.1 Å². The van der Waals surface area contributed by atoms with Gasteiger partial charge in [0.15, 0.2) is 11.4 Å². The van der Waals surface area contributed by atoms with Gasteiger partial charge in [0, 0.05) is 18.1 Å². The first-order valence-corrected chi connectivity index (χ1v) is 5.85. The maximum absolute atomic E-state index is 11.7. The molecule has 0 saturated carbocycles. The second kappa shape index (κ2) is 4.67. The van der Waals surface area contributed by atoms with Crippen LogP contribution in [-0.4, -0.2) is 27.5 Å². The Morgan fingerprint density at radius 2 is 2.35 bits per heavy atom. The molecule has 0 aliphatic carbocycles. The second-order valence-electron chi connectivity index (χ2n) is 3.36. The Morgan fingerprint density at radius 3 is 3.06 bits per heavy atom. The van der Waals surface area contributed by atoms with Gasteiger partial charge in [-0.3, -0.25) is 9.78 Å². The smallest absolute Gasteiger partial charge is 0.273 e. The van der Waals surface area contributed by atoms with Crippen LogP contribution in [0, 0.1) is 0 Å². The van der Waals surface area contributed by atoms with Crippen molar-refractivity contribution in [1.29, 1.82) is 0 Å². The molecule has 0 saturated heterocycles. The highest BCUT2D eigenvalue weighted by Gasteiger charge is 2.18. The Bertz CT molecular complexity index is 586. The summed E-state index contributed by atoms with van der Waals surface area (Å²) in [5.41, 5.74) is 0.334. The number of hydrogen-bond acceptors (Lipinski definition) is 4. The number of fused-ring (bicyclic) bond motifs is 1. The fourth-order valence-corrected chi connectivity index (χ4v) is 1.98. The van der Waals surface area contributed by atoms with E-state index in [2.05, 4.69) is 31.2 Å². The van der Waals surface area contributed by atoms with Crippen molar-refractivity contribution in [1.82, 2.24) is 15.3 Å². The number of aromatic nitrogens is 2. The van der Waals surface area contributed by atoms with Crippen LogP contribution in [0.2, 0.25) is 0 Å². The van der Waals surface area contributed by atoms with E-state index < -0.39 is 5.91 Å². The molecule has 0 fully saturated rings. The molecule has 0 aliphatic rings. The van der Waals surface area contributed by atoms with E-state index in [9.17, 15) is 9.90 Å². The number of nitrogens with one attached hydrogen (secondary N) is 1. The van der Waals surface area contributed by atoms with E-state index >= 15 is 0 Å². The van der Waals surface area contributed by atoms with Crippen LogP contribution in [-0.2, 0) is 0 Å². The first-order valence-electron chi connectivity index (χ1n) is 5.06. The minimum absolute atomic E-state index is 0.0232. The first-order chi connectivity index (χ1) is 8.15. The van der Waals surface area contributed by atoms with Crippen LogP contribution in [0.5, 0.6) is 5.75 Å². The van der Waals surface area contributed by atoms with E-state index in [0.717, 1.165) is 0 Å². The van der Waals surface area contributed by atoms with Gasteiger partial charge in [0.2, 0.25) is 0 Å². The summed E-state index contributed by atoms with van der Waals surface area (Å²) in [7, 11) is 0. The van der Waals surface area contributed by atoms with Crippen molar-refractivity contribution in [3.63, 3.8) is 0 Å². The van der Waals surface area contributed by atoms with Gasteiger partial charge in [0.25, 0.3) is 5.91 Å². The Kier molecular flexibility index (Phi) is 3.23. The number of amides is 1. The van der Waals surface area contributed by atoms with Gasteiger partial charge in [-0.2, -0.15) is 0 Å². The zero-order chi connectivity index (χ0) is 12.4. The summed E-state index contributed by atoms with van der Waals surface area (Å²) in [6.45, 7) is 2.26. The Balaban J connectivity index is 2.67. The van der Waals surface area contributed by atoms with E-state index in [1.807, 2.05) is 0 Å². The zero-order valence-corrected chi connectivity index (χ0v) is 10.7. The van der Waals surface area contributed by atoms with Gasteiger partial charge < -0.3 is 10.4 Å². The summed E-state index contributed by atoms with van der Waals surface area (Å²) < 4.78 is 0.486. The van der Waals surface area contributed by atoms with Crippen LogP contribution in [0.3, 0.4) is 0 Å². The van der Waals surface area contributed by atoms with E-state index in [4.69, 9.17) is 0 Å². The number of carbonyl (C=O) groups is 1. The van der Waals surface area contributed by atoms with Crippen LogP contribution < -0.4 is 5.32 Å². The number of nitrogens with zero attached hydrogens (tertiary/aromatic N) is 2. The van der Waals surface area contributed by atoms with Crippen LogP contribution in [0.25, 0.3) is 10.9 Å². The molecule has 0 atom stereocenters. The average Bonchev–Trinajstić information content (AvgIpc) is 2.34. The molecule has 2 heterocycles. The summed E-state index contributed by atoms with van der Waals surface area (Å²) in [5, 5.41) is 13.2. The van der Waals surface area contributed by atoms with Gasteiger partial charge in [-0.05, 0) is 35.0 Å². The normalized spacial score (nSPS) is 10.5. The third kappa shape index (κ3) is 2.08. The van der Waals surface area contributed by atoms with Crippen LogP contribution in [0.4, 0.5) is 0 Å². The van der Waals surface area contributed by atoms with Gasteiger partial charge in [0.05, 0.1) is 0 Å². The molecule has 17 heavy (non-hydrogen) atoms. The number of rotatable bonds is 2. The molecule has 0 spiro atoms. The highest BCUT2D eigenvalue weighted by atomic mass is 79.9. The Morgan fingerprint density at radius 1 is 1.59 bits per heavy atom. The quantitative estimate of drug-likeness (QED) is 0.829. The third-order valence-corrected chi connectivity index (χ3v) is 2.85. The van der Waals surface area contributed by atoms with Gasteiger partial charge in [-0.25, -0.2) is 4.98 Å². The summed E-state index contributed by atoms with van der Waals surface area (Å²) in [4.78, 5) is 19.8. The third-order valence-electron chi connectivity index (χ3n) is 2.24. The molecule has 0 radical (unpaired) electrons. The second-order valence-corrected chi connectivity index (χ2v) is 4.11. The van der Waals surface area contributed by atoms with Gasteiger partial charge in [-0.15, -0.1) is 0 Å². The molecule has 2 rings (SSSR count). The molecule has 0 aliphatic heterocycles. The average molecular weight is 296 g/mol. The molecule has 6 heteroatoms. The van der Waals surface area contributed by atoms with E-state index in [1.54, 1.807) is 25.3 Å². The molecule has 1 amide bonds. The minimum atomic E-state index is -0.418. The fraction of sp³-hybridized carbons (Fsp3) is 0.182. The number of carbonyl (C=O) groups excluding carboxylic acids is 1. The molecule has 5 nitrogen and oxygen atoms in total. The maximum atomic E-state index is 11.7. The number of aromatic hydroxyl groups is 1. The van der Waals surface area contributed by atoms with Crippen molar-refractivity contribution in [3.05, 3.63) is 28.6 Å². The van der Waals surface area contributed by atoms with E-state index in [1.165, 1.54) is 0 Å². The molecule has 2 N–H and O–H groups in total. The van der Waals surface area contributed by atoms with E-state index in [0.29, 0.717) is 22.1 Å². The number of pyridine rings is 2. The molecule has 0 aromatic carbocycles. The topological polar surface area (TPSA) is 75.1 Å². The lowest BCUT2D eigenvalue weighted by Crippen LogP contribution is -2.24. The van der Waals surface area contributed by atoms with Gasteiger partial charge in [-0.1, -0.05) is 0 Å². The van der Waals surface area contributed by atoms with E-state index in [-0.39, 0.29) is 11.4 Å². The largest absolute Gasteiger partial charge is 0.504 e. The van der Waals surface area contributed by atoms with Crippen molar-refractivity contribution >= 4 is 32.7 Å². The molecule has 2 aromatic heterocycles.